The Kier molecular flexibility index (Phi) is 12.2. The molecule has 4 N–H and O–H groups in total. The minimum Gasteiger partial charge on any atom is -0.444 e. The van der Waals surface area contributed by atoms with Crippen LogP contribution in [-0.2, 0) is 19.1 Å². The molecular weight excluding hydrogens is 392 g/mol. The molecule has 0 aromatic carbocycles. The Bertz CT molecular complexity index is 553. The third-order valence-corrected chi connectivity index (χ3v) is 3.03. The Balaban J connectivity index is 3.78. The van der Waals surface area contributed by atoms with Gasteiger partial charge in [0.1, 0.15) is 11.2 Å². The Morgan fingerprint density at radius 3 is 1.20 bits per heavy atom. The van der Waals surface area contributed by atoms with Gasteiger partial charge in [0, 0.05) is 38.3 Å². The minimum atomic E-state index is -0.557. The summed E-state index contributed by atoms with van der Waals surface area (Å²) >= 11 is 0. The van der Waals surface area contributed by atoms with E-state index in [0.717, 1.165) is 12.2 Å². The van der Waals surface area contributed by atoms with Crippen molar-refractivity contribution in [2.45, 2.75) is 65.6 Å². The molecule has 30 heavy (non-hydrogen) atoms. The summed E-state index contributed by atoms with van der Waals surface area (Å²) in [6.45, 7) is 12.0. The summed E-state index contributed by atoms with van der Waals surface area (Å²) in [6, 6.07) is 0. The van der Waals surface area contributed by atoms with E-state index in [4.69, 9.17) is 9.47 Å². The molecule has 4 amide bonds. The molecule has 0 aliphatic rings. The van der Waals surface area contributed by atoms with E-state index < -0.39 is 35.2 Å². The number of alkyl carbamates (subject to hydrolysis) is 2. The van der Waals surface area contributed by atoms with Crippen LogP contribution >= 0.6 is 0 Å². The van der Waals surface area contributed by atoms with Gasteiger partial charge >= 0.3 is 12.2 Å². The highest BCUT2D eigenvalue weighted by Gasteiger charge is 2.16. The first-order valence-electron chi connectivity index (χ1n) is 9.96. The van der Waals surface area contributed by atoms with Gasteiger partial charge in [-0.05, 0) is 54.4 Å². The normalized spacial score (nSPS) is 11.5. The molecule has 172 valence electrons. The Morgan fingerprint density at radius 2 is 0.900 bits per heavy atom. The third-order valence-electron chi connectivity index (χ3n) is 3.03. The number of amides is 4. The van der Waals surface area contributed by atoms with Crippen LogP contribution < -0.4 is 21.3 Å². The molecule has 0 saturated heterocycles. The number of hydrogen-bond donors (Lipinski definition) is 4. The zero-order valence-corrected chi connectivity index (χ0v) is 18.8. The van der Waals surface area contributed by atoms with Crippen molar-refractivity contribution in [3.63, 3.8) is 0 Å². The van der Waals surface area contributed by atoms with Crippen LogP contribution in [0.25, 0.3) is 0 Å². The van der Waals surface area contributed by atoms with Gasteiger partial charge in [-0.2, -0.15) is 0 Å². The molecule has 0 atom stereocenters. The van der Waals surface area contributed by atoms with Crippen LogP contribution in [-0.4, -0.2) is 61.4 Å². The van der Waals surface area contributed by atoms with Crippen molar-refractivity contribution in [3.05, 3.63) is 12.2 Å². The molecule has 0 radical (unpaired) electrons. The predicted molar refractivity (Wildman–Crippen MR) is 113 cm³/mol. The summed E-state index contributed by atoms with van der Waals surface area (Å²) in [6.07, 6.45) is 2.30. The van der Waals surface area contributed by atoms with Crippen LogP contribution in [0.15, 0.2) is 12.2 Å². The molecule has 0 saturated carbocycles. The van der Waals surface area contributed by atoms with Crippen LogP contribution in [0.5, 0.6) is 0 Å². The Hall–Kier alpha value is -2.78. The Morgan fingerprint density at radius 1 is 0.600 bits per heavy atom. The molecule has 0 aliphatic carbocycles. The zero-order valence-electron chi connectivity index (χ0n) is 18.8. The largest absolute Gasteiger partial charge is 0.444 e. The topological polar surface area (TPSA) is 135 Å². The predicted octanol–water partition coefficient (Wildman–Crippen LogP) is 1.60. The molecule has 0 heterocycles. The molecule has 10 heteroatoms. The van der Waals surface area contributed by atoms with E-state index in [1.165, 1.54) is 0 Å². The Labute approximate surface area is 178 Å². The molecule has 0 fully saturated rings. The van der Waals surface area contributed by atoms with Gasteiger partial charge in [-0.1, -0.05) is 0 Å². The van der Waals surface area contributed by atoms with Gasteiger partial charge in [0.2, 0.25) is 11.8 Å². The maximum Gasteiger partial charge on any atom is 0.407 e. The second-order valence-corrected chi connectivity index (χ2v) is 8.48. The molecule has 0 unspecified atom stereocenters. The molecule has 0 rings (SSSR count). The third kappa shape index (κ3) is 18.6. The summed E-state index contributed by atoms with van der Waals surface area (Å²) in [5, 5.41) is 10.4. The van der Waals surface area contributed by atoms with Crippen molar-refractivity contribution in [3.8, 4) is 0 Å². The van der Waals surface area contributed by atoms with Crippen molar-refractivity contribution in [1.82, 2.24) is 21.3 Å². The van der Waals surface area contributed by atoms with E-state index in [0.29, 0.717) is 39.0 Å². The minimum absolute atomic E-state index is 0.344. The average molecular weight is 429 g/mol. The van der Waals surface area contributed by atoms with Crippen LogP contribution in [0, 0.1) is 0 Å². The van der Waals surface area contributed by atoms with Gasteiger partial charge in [0.05, 0.1) is 0 Å². The number of ether oxygens (including phenoxy) is 2. The lowest BCUT2D eigenvalue weighted by molar-refractivity contribution is -0.118. The van der Waals surface area contributed by atoms with Gasteiger partial charge < -0.3 is 30.7 Å². The van der Waals surface area contributed by atoms with E-state index >= 15 is 0 Å². The number of carbonyl (C=O) groups is 4. The summed E-state index contributed by atoms with van der Waals surface area (Å²) in [5.74, 6) is -0.817. The molecule has 0 aromatic heterocycles. The van der Waals surface area contributed by atoms with Crippen LogP contribution in [0.3, 0.4) is 0 Å². The quantitative estimate of drug-likeness (QED) is 0.308. The smallest absolute Gasteiger partial charge is 0.407 e. The lowest BCUT2D eigenvalue weighted by Crippen LogP contribution is -2.34. The van der Waals surface area contributed by atoms with Crippen molar-refractivity contribution >= 4 is 24.0 Å². The SMILES string of the molecule is CC(C)(C)OC(=O)NCCCNC(=O)/C=C/C(=O)NCCCNC(=O)OC(C)(C)C. The highest BCUT2D eigenvalue weighted by molar-refractivity contribution is 5.96. The lowest BCUT2D eigenvalue weighted by Gasteiger charge is -2.19. The van der Waals surface area contributed by atoms with Crippen molar-refractivity contribution in [2.75, 3.05) is 26.2 Å². The second-order valence-electron chi connectivity index (χ2n) is 8.48. The first-order valence-corrected chi connectivity index (χ1v) is 9.96. The number of hydrogen-bond acceptors (Lipinski definition) is 6. The number of nitrogens with one attached hydrogen (secondary N) is 4. The van der Waals surface area contributed by atoms with Gasteiger partial charge in [-0.3, -0.25) is 9.59 Å². The molecule has 0 aliphatic heterocycles. The number of carbonyl (C=O) groups excluding carboxylic acids is 4. The van der Waals surface area contributed by atoms with Gasteiger partial charge in [0.15, 0.2) is 0 Å². The number of rotatable bonds is 10. The second kappa shape index (κ2) is 13.4. The summed E-state index contributed by atoms with van der Waals surface area (Å²) in [7, 11) is 0. The van der Waals surface area contributed by atoms with Crippen LogP contribution in [0.2, 0.25) is 0 Å². The lowest BCUT2D eigenvalue weighted by atomic mass is 10.2. The van der Waals surface area contributed by atoms with Crippen molar-refractivity contribution in [2.24, 2.45) is 0 Å². The van der Waals surface area contributed by atoms with Gasteiger partial charge in [-0.25, -0.2) is 9.59 Å². The first-order chi connectivity index (χ1) is 13.8. The standard InChI is InChI=1S/C20H36N4O6/c1-19(2,3)29-17(27)23-13-7-11-21-15(25)9-10-16(26)22-12-8-14-24-18(28)30-20(4,5)6/h9-10H,7-8,11-14H2,1-6H3,(H,21,25)(H,22,26)(H,23,27)(H,24,28)/b10-9+. The maximum atomic E-state index is 11.6. The van der Waals surface area contributed by atoms with E-state index in [1.807, 2.05) is 0 Å². The van der Waals surface area contributed by atoms with E-state index in [9.17, 15) is 19.2 Å². The van der Waals surface area contributed by atoms with Crippen molar-refractivity contribution < 1.29 is 28.7 Å². The van der Waals surface area contributed by atoms with Crippen LogP contribution in [0.1, 0.15) is 54.4 Å². The zero-order chi connectivity index (χ0) is 23.2. The summed E-state index contributed by atoms with van der Waals surface area (Å²) in [5.41, 5.74) is -1.11. The van der Waals surface area contributed by atoms with Crippen LogP contribution in [0.4, 0.5) is 9.59 Å². The molecule has 0 spiro atoms. The van der Waals surface area contributed by atoms with Gasteiger partial charge in [0.25, 0.3) is 0 Å². The molecular formula is C20H36N4O6. The summed E-state index contributed by atoms with van der Waals surface area (Å²) < 4.78 is 10.2. The fourth-order valence-electron chi connectivity index (χ4n) is 1.88. The fraction of sp³-hybridized carbons (Fsp3) is 0.700. The monoisotopic (exact) mass is 428 g/mol. The fourth-order valence-corrected chi connectivity index (χ4v) is 1.88. The maximum absolute atomic E-state index is 11.6. The highest BCUT2D eigenvalue weighted by Crippen LogP contribution is 2.06. The highest BCUT2D eigenvalue weighted by atomic mass is 16.6. The van der Waals surface area contributed by atoms with E-state index in [2.05, 4.69) is 21.3 Å². The van der Waals surface area contributed by atoms with Gasteiger partial charge in [-0.15, -0.1) is 0 Å². The average Bonchev–Trinajstić information content (AvgIpc) is 2.56. The van der Waals surface area contributed by atoms with E-state index in [-0.39, 0.29) is 0 Å². The molecule has 10 nitrogen and oxygen atoms in total. The first kappa shape index (κ1) is 27.2. The molecule has 0 bridgehead atoms. The van der Waals surface area contributed by atoms with Crippen molar-refractivity contribution in [1.29, 1.82) is 0 Å². The summed E-state index contributed by atoms with van der Waals surface area (Å²) in [4.78, 5) is 46.2. The van der Waals surface area contributed by atoms with E-state index in [1.54, 1.807) is 41.5 Å². The molecule has 0 aromatic rings.